The fourth-order valence-electron chi connectivity index (χ4n) is 3.06. The molecule has 0 spiro atoms. The fraction of sp³-hybridized carbons (Fsp3) is 0.0435. The molecule has 156 valence electrons. The summed E-state index contributed by atoms with van der Waals surface area (Å²) < 4.78 is 24.1. The highest BCUT2D eigenvalue weighted by Crippen LogP contribution is 2.35. The number of carbonyl (C=O) groups excluding carboxylic acids is 2. The number of hydrogen-bond acceptors (Lipinski definition) is 4. The lowest BCUT2D eigenvalue weighted by Crippen LogP contribution is -2.12. The van der Waals surface area contributed by atoms with E-state index in [0.717, 1.165) is 0 Å². The standard InChI is InChI=1S/C23H16ClFN2O4/c1-30-20-18-12-17(27-22(28)13-3-2-4-14(24)11-13)9-10-19(18)31-21(20)23(29)26-16-7-5-15(25)6-8-16/h2-12H,1H3,(H,26,29)(H,27,28). The van der Waals surface area contributed by atoms with Crippen molar-refractivity contribution in [2.24, 2.45) is 0 Å². The van der Waals surface area contributed by atoms with Crippen LogP contribution in [0.3, 0.4) is 0 Å². The third kappa shape index (κ3) is 4.36. The lowest BCUT2D eigenvalue weighted by molar-refractivity contribution is 0.0992. The Kier molecular flexibility index (Phi) is 5.60. The van der Waals surface area contributed by atoms with Crippen molar-refractivity contribution < 1.29 is 23.1 Å². The first kappa shape index (κ1) is 20.4. The molecule has 0 aliphatic carbocycles. The highest BCUT2D eigenvalue weighted by atomic mass is 35.5. The number of benzene rings is 3. The minimum absolute atomic E-state index is 0.0415. The zero-order chi connectivity index (χ0) is 22.0. The Morgan fingerprint density at radius 2 is 1.65 bits per heavy atom. The quantitative estimate of drug-likeness (QED) is 0.416. The van der Waals surface area contributed by atoms with Crippen molar-refractivity contribution >= 4 is 45.8 Å². The number of carbonyl (C=O) groups is 2. The number of fused-ring (bicyclic) bond motifs is 1. The van der Waals surface area contributed by atoms with Crippen LogP contribution in [0.15, 0.2) is 71.1 Å². The zero-order valence-electron chi connectivity index (χ0n) is 16.2. The van der Waals surface area contributed by atoms with Crippen LogP contribution in [0.1, 0.15) is 20.9 Å². The van der Waals surface area contributed by atoms with Crippen molar-refractivity contribution in [2.45, 2.75) is 0 Å². The number of ether oxygens (including phenoxy) is 1. The summed E-state index contributed by atoms with van der Waals surface area (Å²) in [6, 6.07) is 16.8. The van der Waals surface area contributed by atoms with Crippen LogP contribution in [-0.2, 0) is 0 Å². The molecule has 0 fully saturated rings. The summed E-state index contributed by atoms with van der Waals surface area (Å²) in [7, 11) is 1.41. The maximum absolute atomic E-state index is 13.1. The summed E-state index contributed by atoms with van der Waals surface area (Å²) in [5, 5.41) is 6.38. The molecule has 3 aromatic carbocycles. The van der Waals surface area contributed by atoms with E-state index in [4.69, 9.17) is 20.8 Å². The molecule has 6 nitrogen and oxygen atoms in total. The Bertz CT molecular complexity index is 1280. The largest absolute Gasteiger partial charge is 0.492 e. The Morgan fingerprint density at radius 1 is 0.935 bits per heavy atom. The van der Waals surface area contributed by atoms with Crippen LogP contribution in [0.25, 0.3) is 11.0 Å². The van der Waals surface area contributed by atoms with Gasteiger partial charge in [0.05, 0.1) is 12.5 Å². The Morgan fingerprint density at radius 3 is 2.35 bits per heavy atom. The second-order valence-corrected chi connectivity index (χ2v) is 7.04. The van der Waals surface area contributed by atoms with Gasteiger partial charge in [-0.15, -0.1) is 0 Å². The van der Waals surface area contributed by atoms with Gasteiger partial charge in [-0.2, -0.15) is 0 Å². The molecule has 0 atom stereocenters. The van der Waals surface area contributed by atoms with Crippen molar-refractivity contribution in [1.29, 1.82) is 0 Å². The molecule has 2 amide bonds. The second kappa shape index (κ2) is 8.49. The lowest BCUT2D eigenvalue weighted by atomic mass is 10.2. The molecule has 0 aliphatic rings. The van der Waals surface area contributed by atoms with Gasteiger partial charge < -0.3 is 19.8 Å². The molecule has 0 aliphatic heterocycles. The second-order valence-electron chi connectivity index (χ2n) is 6.60. The van der Waals surface area contributed by atoms with E-state index in [1.54, 1.807) is 42.5 Å². The summed E-state index contributed by atoms with van der Waals surface area (Å²) in [6.45, 7) is 0. The van der Waals surface area contributed by atoms with Gasteiger partial charge in [0, 0.05) is 22.0 Å². The molecular formula is C23H16ClFN2O4. The van der Waals surface area contributed by atoms with Gasteiger partial charge in [-0.1, -0.05) is 17.7 Å². The van der Waals surface area contributed by atoms with Crippen molar-refractivity contribution in [1.82, 2.24) is 0 Å². The van der Waals surface area contributed by atoms with Crippen molar-refractivity contribution in [2.75, 3.05) is 17.7 Å². The van der Waals surface area contributed by atoms with E-state index in [-0.39, 0.29) is 17.4 Å². The van der Waals surface area contributed by atoms with Gasteiger partial charge in [0.1, 0.15) is 11.4 Å². The first-order chi connectivity index (χ1) is 14.9. The Balaban J connectivity index is 1.61. The molecule has 0 bridgehead atoms. The predicted molar refractivity (Wildman–Crippen MR) is 117 cm³/mol. The van der Waals surface area contributed by atoms with E-state index < -0.39 is 11.7 Å². The van der Waals surface area contributed by atoms with E-state index >= 15 is 0 Å². The van der Waals surface area contributed by atoms with Crippen LogP contribution in [0.5, 0.6) is 5.75 Å². The minimum Gasteiger partial charge on any atom is -0.492 e. The van der Waals surface area contributed by atoms with Gasteiger partial charge in [0.25, 0.3) is 11.8 Å². The number of rotatable bonds is 5. The first-order valence-electron chi connectivity index (χ1n) is 9.19. The monoisotopic (exact) mass is 438 g/mol. The van der Waals surface area contributed by atoms with Crippen LogP contribution in [-0.4, -0.2) is 18.9 Å². The normalized spacial score (nSPS) is 10.7. The molecule has 2 N–H and O–H groups in total. The molecule has 4 aromatic rings. The summed E-state index contributed by atoms with van der Waals surface area (Å²) in [6.07, 6.45) is 0. The van der Waals surface area contributed by atoms with Gasteiger partial charge in [-0.05, 0) is 60.7 Å². The molecule has 1 heterocycles. The Labute approximate surface area is 181 Å². The third-order valence-corrected chi connectivity index (χ3v) is 4.73. The molecule has 31 heavy (non-hydrogen) atoms. The van der Waals surface area contributed by atoms with E-state index in [1.807, 2.05) is 0 Å². The highest BCUT2D eigenvalue weighted by molar-refractivity contribution is 6.31. The van der Waals surface area contributed by atoms with E-state index in [0.29, 0.717) is 32.9 Å². The SMILES string of the molecule is COc1c(C(=O)Nc2ccc(F)cc2)oc2ccc(NC(=O)c3cccc(Cl)c3)cc12. The highest BCUT2D eigenvalue weighted by Gasteiger charge is 2.22. The van der Waals surface area contributed by atoms with E-state index in [1.165, 1.54) is 31.4 Å². The number of methoxy groups -OCH3 is 1. The number of nitrogens with one attached hydrogen (secondary N) is 2. The van der Waals surface area contributed by atoms with Gasteiger partial charge in [-0.25, -0.2) is 4.39 Å². The maximum Gasteiger partial charge on any atom is 0.295 e. The number of halogens is 2. The van der Waals surface area contributed by atoms with Crippen LogP contribution < -0.4 is 15.4 Å². The van der Waals surface area contributed by atoms with E-state index in [2.05, 4.69) is 10.6 Å². The number of hydrogen-bond donors (Lipinski definition) is 2. The summed E-state index contributed by atoms with van der Waals surface area (Å²) >= 11 is 5.94. The minimum atomic E-state index is -0.552. The van der Waals surface area contributed by atoms with Crippen LogP contribution in [0.2, 0.25) is 5.02 Å². The van der Waals surface area contributed by atoms with Gasteiger partial charge in [0.2, 0.25) is 5.76 Å². The smallest absolute Gasteiger partial charge is 0.295 e. The summed E-state index contributed by atoms with van der Waals surface area (Å²) in [4.78, 5) is 25.1. The third-order valence-electron chi connectivity index (χ3n) is 4.50. The maximum atomic E-state index is 13.1. The van der Waals surface area contributed by atoms with E-state index in [9.17, 15) is 14.0 Å². The molecule has 0 unspecified atom stereocenters. The fourth-order valence-corrected chi connectivity index (χ4v) is 3.25. The number of amides is 2. The number of furan rings is 1. The van der Waals surface area contributed by atoms with Crippen LogP contribution in [0, 0.1) is 5.82 Å². The van der Waals surface area contributed by atoms with Crippen LogP contribution in [0.4, 0.5) is 15.8 Å². The topological polar surface area (TPSA) is 80.6 Å². The summed E-state index contributed by atoms with van der Waals surface area (Å²) in [5.41, 5.74) is 1.71. The molecule has 0 radical (unpaired) electrons. The average Bonchev–Trinajstić information content (AvgIpc) is 3.13. The molecule has 8 heteroatoms. The lowest BCUT2D eigenvalue weighted by Gasteiger charge is -2.06. The molecule has 0 saturated heterocycles. The molecule has 4 rings (SSSR count). The summed E-state index contributed by atoms with van der Waals surface area (Å²) in [5.74, 6) is -1.12. The molecule has 0 saturated carbocycles. The van der Waals surface area contributed by atoms with Gasteiger partial charge in [0.15, 0.2) is 5.75 Å². The van der Waals surface area contributed by atoms with Crippen molar-refractivity contribution in [3.8, 4) is 5.75 Å². The van der Waals surface area contributed by atoms with Gasteiger partial charge >= 0.3 is 0 Å². The first-order valence-corrected chi connectivity index (χ1v) is 9.57. The van der Waals surface area contributed by atoms with Gasteiger partial charge in [-0.3, -0.25) is 9.59 Å². The molecular weight excluding hydrogens is 423 g/mol. The predicted octanol–water partition coefficient (Wildman–Crippen LogP) is 5.74. The van der Waals surface area contributed by atoms with Crippen molar-refractivity contribution in [3.63, 3.8) is 0 Å². The van der Waals surface area contributed by atoms with Crippen molar-refractivity contribution in [3.05, 3.63) is 88.9 Å². The van der Waals surface area contributed by atoms with Crippen LogP contribution >= 0.6 is 11.6 Å². The zero-order valence-corrected chi connectivity index (χ0v) is 17.0. The molecule has 1 aromatic heterocycles. The number of anilines is 2. The average molecular weight is 439 g/mol. The Hall–Kier alpha value is -3.84.